The fraction of sp³-hybridized carbons (Fsp3) is 0.333. The minimum absolute atomic E-state index is 0.170. The molecule has 0 aliphatic heterocycles. The van der Waals surface area contributed by atoms with E-state index in [1.54, 1.807) is 7.11 Å². The molecule has 1 atom stereocenters. The minimum Gasteiger partial charge on any atom is -0.495 e. The van der Waals surface area contributed by atoms with Crippen molar-refractivity contribution >= 4 is 15.9 Å². The second-order valence-corrected chi connectivity index (χ2v) is 5.82. The second-order valence-electron chi connectivity index (χ2n) is 4.90. The number of hydrogen-bond acceptors (Lipinski definition) is 2. The van der Waals surface area contributed by atoms with Crippen LogP contribution in [0.25, 0.3) is 5.69 Å². The van der Waals surface area contributed by atoms with Crippen LogP contribution in [0.4, 0.5) is 0 Å². The molecule has 0 amide bonds. The van der Waals surface area contributed by atoms with E-state index in [1.165, 1.54) is 11.3 Å². The molecule has 100 valence electrons. The summed E-state index contributed by atoms with van der Waals surface area (Å²) in [5, 5.41) is 0. The number of fused-ring (bicyclic) bond motifs is 1. The molecule has 0 saturated heterocycles. The van der Waals surface area contributed by atoms with Crippen LogP contribution in [0.2, 0.25) is 0 Å². The van der Waals surface area contributed by atoms with Crippen molar-refractivity contribution in [1.29, 1.82) is 0 Å². The molecule has 0 fully saturated rings. The first-order valence-electron chi connectivity index (χ1n) is 6.50. The SMILES string of the molecule is COc1ccc(Br)cc1-n1ccc2c1CCCC2N. The van der Waals surface area contributed by atoms with Crippen LogP contribution in [0.5, 0.6) is 5.75 Å². The third-order valence-electron chi connectivity index (χ3n) is 3.76. The molecular weight excluding hydrogens is 304 g/mol. The van der Waals surface area contributed by atoms with Gasteiger partial charge in [0, 0.05) is 22.4 Å². The molecule has 19 heavy (non-hydrogen) atoms. The van der Waals surface area contributed by atoms with Crippen LogP contribution < -0.4 is 10.5 Å². The largest absolute Gasteiger partial charge is 0.495 e. The van der Waals surface area contributed by atoms with Crippen molar-refractivity contribution in [2.45, 2.75) is 25.3 Å². The second kappa shape index (κ2) is 5.02. The van der Waals surface area contributed by atoms with Gasteiger partial charge in [-0.15, -0.1) is 0 Å². The van der Waals surface area contributed by atoms with Gasteiger partial charge in [-0.05, 0) is 49.1 Å². The Morgan fingerprint density at radius 2 is 2.21 bits per heavy atom. The summed E-state index contributed by atoms with van der Waals surface area (Å²) >= 11 is 3.53. The first-order chi connectivity index (χ1) is 9.20. The van der Waals surface area contributed by atoms with Crippen molar-refractivity contribution in [3.8, 4) is 11.4 Å². The molecule has 0 radical (unpaired) electrons. The highest BCUT2D eigenvalue weighted by molar-refractivity contribution is 9.10. The monoisotopic (exact) mass is 320 g/mol. The first-order valence-corrected chi connectivity index (χ1v) is 7.29. The highest BCUT2D eigenvalue weighted by Gasteiger charge is 2.21. The van der Waals surface area contributed by atoms with Crippen molar-refractivity contribution in [3.05, 3.63) is 46.2 Å². The van der Waals surface area contributed by atoms with Crippen LogP contribution in [-0.2, 0) is 6.42 Å². The zero-order valence-corrected chi connectivity index (χ0v) is 12.5. The first kappa shape index (κ1) is 12.8. The normalized spacial score (nSPS) is 18.2. The Labute approximate surface area is 121 Å². The molecule has 2 N–H and O–H groups in total. The van der Waals surface area contributed by atoms with E-state index in [-0.39, 0.29) is 6.04 Å². The lowest BCUT2D eigenvalue weighted by Crippen LogP contribution is -2.18. The molecule has 0 saturated carbocycles. The summed E-state index contributed by atoms with van der Waals surface area (Å²) in [5.41, 5.74) is 9.83. The third-order valence-corrected chi connectivity index (χ3v) is 4.25. The van der Waals surface area contributed by atoms with Crippen LogP contribution in [0.3, 0.4) is 0 Å². The Balaban J connectivity index is 2.15. The lowest BCUT2D eigenvalue weighted by molar-refractivity contribution is 0.412. The van der Waals surface area contributed by atoms with E-state index in [4.69, 9.17) is 10.5 Å². The van der Waals surface area contributed by atoms with Gasteiger partial charge in [-0.2, -0.15) is 0 Å². The zero-order chi connectivity index (χ0) is 13.4. The fourth-order valence-corrected chi connectivity index (χ4v) is 3.15. The van der Waals surface area contributed by atoms with Gasteiger partial charge in [-0.3, -0.25) is 0 Å². The Morgan fingerprint density at radius 3 is 3.00 bits per heavy atom. The van der Waals surface area contributed by atoms with E-state index < -0.39 is 0 Å². The number of ether oxygens (including phenoxy) is 1. The van der Waals surface area contributed by atoms with Crippen molar-refractivity contribution < 1.29 is 4.74 Å². The molecule has 1 unspecified atom stereocenters. The average molecular weight is 321 g/mol. The van der Waals surface area contributed by atoms with E-state index in [9.17, 15) is 0 Å². The molecule has 1 aliphatic carbocycles. The molecule has 3 nitrogen and oxygen atoms in total. The lowest BCUT2D eigenvalue weighted by Gasteiger charge is -2.21. The molecular formula is C15H17BrN2O. The number of benzene rings is 1. The van der Waals surface area contributed by atoms with E-state index in [1.807, 2.05) is 12.1 Å². The van der Waals surface area contributed by atoms with Crippen LogP contribution in [0.15, 0.2) is 34.9 Å². The Bertz CT molecular complexity index is 606. The average Bonchev–Trinajstić information content (AvgIpc) is 2.84. The summed E-state index contributed by atoms with van der Waals surface area (Å²) in [7, 11) is 1.70. The number of halogens is 1. The smallest absolute Gasteiger partial charge is 0.142 e. The van der Waals surface area contributed by atoms with E-state index in [2.05, 4.69) is 38.8 Å². The quantitative estimate of drug-likeness (QED) is 0.918. The van der Waals surface area contributed by atoms with E-state index in [0.717, 1.165) is 35.2 Å². The summed E-state index contributed by atoms with van der Waals surface area (Å²) in [6.45, 7) is 0. The number of hydrogen-bond donors (Lipinski definition) is 1. The molecule has 1 aromatic carbocycles. The van der Waals surface area contributed by atoms with E-state index in [0.29, 0.717) is 0 Å². The standard InChI is InChI=1S/C15H17BrN2O/c1-19-15-6-5-10(16)9-14(15)18-8-7-11-12(17)3-2-4-13(11)18/h5-9,12H,2-4,17H2,1H3. The third kappa shape index (κ3) is 2.19. The topological polar surface area (TPSA) is 40.2 Å². The molecule has 4 heteroatoms. The van der Waals surface area contributed by atoms with Gasteiger partial charge in [-0.25, -0.2) is 0 Å². The number of methoxy groups -OCH3 is 1. The summed E-state index contributed by atoms with van der Waals surface area (Å²) in [6, 6.07) is 8.36. The van der Waals surface area contributed by atoms with Gasteiger partial charge < -0.3 is 15.0 Å². The van der Waals surface area contributed by atoms with Crippen LogP contribution in [0.1, 0.15) is 30.1 Å². The summed E-state index contributed by atoms with van der Waals surface area (Å²) in [5.74, 6) is 0.876. The highest BCUT2D eigenvalue weighted by Crippen LogP contribution is 2.34. The van der Waals surface area contributed by atoms with Crippen LogP contribution in [0, 0.1) is 0 Å². The molecule has 1 heterocycles. The molecule has 1 aromatic heterocycles. The molecule has 1 aliphatic rings. The molecule has 0 spiro atoms. The van der Waals surface area contributed by atoms with Crippen molar-refractivity contribution in [2.75, 3.05) is 7.11 Å². The van der Waals surface area contributed by atoms with Crippen molar-refractivity contribution in [2.24, 2.45) is 5.73 Å². The molecule has 2 aromatic rings. The summed E-state index contributed by atoms with van der Waals surface area (Å²) in [4.78, 5) is 0. The maximum atomic E-state index is 6.18. The Morgan fingerprint density at radius 1 is 1.37 bits per heavy atom. The lowest BCUT2D eigenvalue weighted by atomic mass is 9.93. The number of nitrogens with zero attached hydrogens (tertiary/aromatic N) is 1. The predicted octanol–water partition coefficient (Wildman–Crippen LogP) is 3.58. The molecule has 0 bridgehead atoms. The maximum absolute atomic E-state index is 6.18. The number of rotatable bonds is 2. The maximum Gasteiger partial charge on any atom is 0.142 e. The van der Waals surface area contributed by atoms with Gasteiger partial charge in [0.05, 0.1) is 12.8 Å². The van der Waals surface area contributed by atoms with Gasteiger partial charge >= 0.3 is 0 Å². The van der Waals surface area contributed by atoms with Gasteiger partial charge in [0.25, 0.3) is 0 Å². The Kier molecular flexibility index (Phi) is 3.37. The number of nitrogens with two attached hydrogens (primary N) is 1. The van der Waals surface area contributed by atoms with Gasteiger partial charge in [-0.1, -0.05) is 15.9 Å². The zero-order valence-electron chi connectivity index (χ0n) is 10.9. The summed E-state index contributed by atoms with van der Waals surface area (Å²) in [6.07, 6.45) is 5.40. The fourth-order valence-electron chi connectivity index (χ4n) is 2.80. The number of aromatic nitrogens is 1. The van der Waals surface area contributed by atoms with Crippen LogP contribution >= 0.6 is 15.9 Å². The van der Waals surface area contributed by atoms with Crippen molar-refractivity contribution in [3.63, 3.8) is 0 Å². The predicted molar refractivity (Wildman–Crippen MR) is 79.9 cm³/mol. The highest BCUT2D eigenvalue weighted by atomic mass is 79.9. The Hall–Kier alpha value is -1.26. The minimum atomic E-state index is 0.170. The van der Waals surface area contributed by atoms with E-state index >= 15 is 0 Å². The molecule has 3 rings (SSSR count). The van der Waals surface area contributed by atoms with Crippen molar-refractivity contribution in [1.82, 2.24) is 4.57 Å². The summed E-state index contributed by atoms with van der Waals surface area (Å²) < 4.78 is 8.72. The van der Waals surface area contributed by atoms with Gasteiger partial charge in [0.15, 0.2) is 0 Å². The van der Waals surface area contributed by atoms with Gasteiger partial charge in [0.2, 0.25) is 0 Å². The van der Waals surface area contributed by atoms with Gasteiger partial charge in [0.1, 0.15) is 5.75 Å². The van der Waals surface area contributed by atoms with Crippen LogP contribution in [-0.4, -0.2) is 11.7 Å².